The predicted molar refractivity (Wildman–Crippen MR) is 166 cm³/mol. The number of hydrogen-bond donors (Lipinski definition) is 2. The number of nitrogens with zero attached hydrogens (tertiary/aromatic N) is 2. The molecular weight excluding hydrogens is 682 g/mol. The van der Waals surface area contributed by atoms with Crippen LogP contribution in [0, 0.1) is 0 Å². The van der Waals surface area contributed by atoms with Gasteiger partial charge in [0.1, 0.15) is 4.70 Å². The second-order valence-corrected chi connectivity index (χ2v) is 15.8. The first-order valence-electron chi connectivity index (χ1n) is 12.6. The summed E-state index contributed by atoms with van der Waals surface area (Å²) in [5, 5.41) is 2.60. The first-order valence-corrected chi connectivity index (χ1v) is 18.6. The van der Waals surface area contributed by atoms with E-state index in [2.05, 4.69) is 37.0 Å². The third-order valence-corrected chi connectivity index (χ3v) is 10.9. The van der Waals surface area contributed by atoms with Gasteiger partial charge in [0.15, 0.2) is 6.54 Å². The van der Waals surface area contributed by atoms with Crippen LogP contribution in [0.1, 0.15) is 37.6 Å². The van der Waals surface area contributed by atoms with Gasteiger partial charge < -0.3 is 4.90 Å². The molecule has 0 fully saturated rings. The summed E-state index contributed by atoms with van der Waals surface area (Å²) in [7, 11) is -7.65. The Morgan fingerprint density at radius 2 is 1.88 bits per heavy atom. The average molecular weight is 712 g/mol. The minimum atomic E-state index is -4.01. The summed E-state index contributed by atoms with van der Waals surface area (Å²) >= 11 is 13.1. The van der Waals surface area contributed by atoms with E-state index in [1.165, 1.54) is 0 Å². The number of anilines is 1. The van der Waals surface area contributed by atoms with Crippen molar-refractivity contribution >= 4 is 92.8 Å². The van der Waals surface area contributed by atoms with Gasteiger partial charge in [-0.3, -0.25) is 4.55 Å². The van der Waals surface area contributed by atoms with E-state index in [1.54, 1.807) is 30.0 Å². The van der Waals surface area contributed by atoms with Crippen LogP contribution in [0.2, 0.25) is 5.02 Å². The molecule has 0 unspecified atom stereocenters. The van der Waals surface area contributed by atoms with Gasteiger partial charge in [-0.05, 0) is 49.6 Å². The number of thioether (sulfide) groups is 1. The van der Waals surface area contributed by atoms with Gasteiger partial charge in [0.25, 0.3) is 25.2 Å². The van der Waals surface area contributed by atoms with E-state index in [0.717, 1.165) is 35.3 Å². The molecule has 2 N–H and O–H groups in total. The highest BCUT2D eigenvalue weighted by molar-refractivity contribution is 9.10. The normalized spacial score (nSPS) is 14.9. The van der Waals surface area contributed by atoms with E-state index in [1.807, 2.05) is 36.4 Å². The van der Waals surface area contributed by atoms with Crippen molar-refractivity contribution in [2.45, 2.75) is 44.0 Å². The van der Waals surface area contributed by atoms with Crippen molar-refractivity contribution in [1.82, 2.24) is 5.48 Å². The lowest BCUT2D eigenvalue weighted by Crippen LogP contribution is -2.35. The number of hydrogen-bond acceptors (Lipinski definition) is 9. The number of benzene rings is 2. The summed E-state index contributed by atoms with van der Waals surface area (Å²) in [5.74, 6) is -0.359. The molecule has 1 aromatic heterocycles. The molecule has 15 heteroatoms. The molecule has 2 heterocycles. The maximum Gasteiger partial charge on any atom is 0.283 e. The molecule has 4 rings (SSSR count). The second kappa shape index (κ2) is 13.8. The molecule has 0 aliphatic carbocycles. The fourth-order valence-corrected chi connectivity index (χ4v) is 8.53. The number of nitrogens with one attached hydrogen (secondary N) is 1. The van der Waals surface area contributed by atoms with Gasteiger partial charge >= 0.3 is 0 Å². The van der Waals surface area contributed by atoms with Gasteiger partial charge in [-0.2, -0.15) is 31.2 Å². The molecule has 2 aromatic carbocycles. The van der Waals surface area contributed by atoms with Crippen LogP contribution in [-0.4, -0.2) is 46.0 Å². The van der Waals surface area contributed by atoms with Crippen molar-refractivity contribution in [2.24, 2.45) is 0 Å². The average Bonchev–Trinajstić information content (AvgIpc) is 3.39. The van der Waals surface area contributed by atoms with Gasteiger partial charge in [0.05, 0.1) is 28.3 Å². The smallest absolute Gasteiger partial charge is 0.283 e. The summed E-state index contributed by atoms with van der Waals surface area (Å²) in [4.78, 5) is 3.22. The molecule has 40 heavy (non-hydrogen) atoms. The van der Waals surface area contributed by atoms with Crippen LogP contribution >= 0.6 is 50.6 Å². The molecule has 0 bridgehead atoms. The first kappa shape index (κ1) is 31.7. The Labute approximate surface area is 256 Å². The Balaban J connectivity index is 1.60. The monoisotopic (exact) mass is 710 g/mol. The molecule has 1 aliphatic rings. The molecule has 218 valence electrons. The highest BCUT2D eigenvalue weighted by atomic mass is 79.9. The zero-order chi connectivity index (χ0) is 28.9. The maximum atomic E-state index is 12.1. The summed E-state index contributed by atoms with van der Waals surface area (Å²) in [5.41, 5.74) is 4.40. The quantitative estimate of drug-likeness (QED) is 0.0922. The molecule has 0 saturated heterocycles. The standard InChI is InChI=1S/C25H29BrClN3O6S4/c1-2-28-36-40(34,35)14-6-4-12-30-21-16-19(27)8-10-23(21)38-25(30)17-24-29(11-3-5-13-39(31,32)33)20-15-18(26)7-9-22(20)37-24/h7-10,15-17,28H,2-6,11-14H2,1H3/p+1. The summed E-state index contributed by atoms with van der Waals surface area (Å²) in [6.07, 6.45) is 4.09. The number of fused-ring (bicyclic) bond motifs is 2. The van der Waals surface area contributed by atoms with Gasteiger partial charge in [-0.1, -0.05) is 57.6 Å². The Bertz CT molecular complexity index is 1610. The van der Waals surface area contributed by atoms with E-state index in [0.29, 0.717) is 50.3 Å². The highest BCUT2D eigenvalue weighted by Crippen LogP contribution is 2.48. The fourth-order valence-electron chi connectivity index (χ4n) is 4.22. The van der Waals surface area contributed by atoms with Gasteiger partial charge in [-0.25, -0.2) is 0 Å². The van der Waals surface area contributed by atoms with Crippen molar-refractivity contribution in [3.05, 3.63) is 55.9 Å². The van der Waals surface area contributed by atoms with Crippen molar-refractivity contribution in [3.8, 4) is 0 Å². The number of thiazole rings is 1. The summed E-state index contributed by atoms with van der Waals surface area (Å²) in [6.45, 7) is 3.33. The van der Waals surface area contributed by atoms with Crippen LogP contribution in [0.25, 0.3) is 16.3 Å². The van der Waals surface area contributed by atoms with E-state index < -0.39 is 20.2 Å². The van der Waals surface area contributed by atoms with Crippen molar-refractivity contribution in [2.75, 3.05) is 29.5 Å². The van der Waals surface area contributed by atoms with Gasteiger partial charge in [0, 0.05) is 40.0 Å². The number of aromatic nitrogens is 1. The van der Waals surface area contributed by atoms with E-state index >= 15 is 0 Å². The third-order valence-electron chi connectivity index (χ3n) is 6.02. The van der Waals surface area contributed by atoms with Crippen LogP contribution in [0.5, 0.6) is 0 Å². The molecule has 0 atom stereocenters. The molecule has 1 aliphatic heterocycles. The summed E-state index contributed by atoms with van der Waals surface area (Å²) < 4.78 is 64.6. The number of aryl methyl sites for hydroxylation is 1. The molecule has 0 saturated carbocycles. The molecule has 0 spiro atoms. The zero-order valence-corrected chi connectivity index (χ0v) is 27.3. The van der Waals surface area contributed by atoms with Gasteiger partial charge in [-0.15, -0.1) is 0 Å². The largest absolute Gasteiger partial charge is 0.335 e. The van der Waals surface area contributed by atoms with E-state index in [4.69, 9.17) is 20.4 Å². The van der Waals surface area contributed by atoms with Crippen LogP contribution < -0.4 is 14.9 Å². The third kappa shape index (κ3) is 8.65. The lowest BCUT2D eigenvalue weighted by atomic mass is 10.2. The maximum absolute atomic E-state index is 12.1. The number of halogens is 2. The minimum Gasteiger partial charge on any atom is -0.335 e. The first-order chi connectivity index (χ1) is 19.0. The predicted octanol–water partition coefficient (Wildman–Crippen LogP) is 5.83. The van der Waals surface area contributed by atoms with Crippen molar-refractivity contribution in [1.29, 1.82) is 0 Å². The zero-order valence-electron chi connectivity index (χ0n) is 21.7. The Hall–Kier alpha value is -1.23. The Kier molecular flexibility index (Phi) is 11.0. The molecule has 9 nitrogen and oxygen atoms in total. The van der Waals surface area contributed by atoms with Gasteiger partial charge in [0.2, 0.25) is 5.52 Å². The lowest BCUT2D eigenvalue weighted by Gasteiger charge is -2.20. The summed E-state index contributed by atoms with van der Waals surface area (Å²) in [6, 6.07) is 11.8. The van der Waals surface area contributed by atoms with Crippen LogP contribution in [0.3, 0.4) is 0 Å². The van der Waals surface area contributed by atoms with Crippen molar-refractivity contribution in [3.63, 3.8) is 0 Å². The number of rotatable bonds is 14. The van der Waals surface area contributed by atoms with Crippen LogP contribution in [0.4, 0.5) is 5.69 Å². The number of hydroxylamine groups is 1. The van der Waals surface area contributed by atoms with Crippen LogP contribution in [-0.2, 0) is 31.1 Å². The Morgan fingerprint density at radius 1 is 1.10 bits per heavy atom. The topological polar surface area (TPSA) is 117 Å². The van der Waals surface area contributed by atoms with E-state index in [-0.39, 0.29) is 11.5 Å². The second-order valence-electron chi connectivity index (χ2n) is 9.10. The minimum absolute atomic E-state index is 0.0861. The molecular formula is C25H30BrClN3O6S4+. The number of unbranched alkanes of at least 4 members (excludes halogenated alkanes) is 2. The fraction of sp³-hybridized carbons (Fsp3) is 0.400. The Morgan fingerprint density at radius 3 is 2.62 bits per heavy atom. The molecule has 0 radical (unpaired) electrons. The van der Waals surface area contributed by atoms with Crippen molar-refractivity contribution < 1.29 is 30.2 Å². The van der Waals surface area contributed by atoms with Crippen LogP contribution in [0.15, 0.2) is 50.8 Å². The highest BCUT2D eigenvalue weighted by Gasteiger charge is 2.28. The SMILES string of the molecule is CCNOS(=O)(=O)CCCCN1C(=Cc2sc3ccc(Br)cc3[n+]2CCCCS(=O)(=O)O)Sc2ccc(Cl)cc21. The lowest BCUT2D eigenvalue weighted by molar-refractivity contribution is -0.669. The molecule has 0 amide bonds. The van der Waals surface area contributed by atoms with E-state index in [9.17, 15) is 16.8 Å². The molecule has 3 aromatic rings.